The number of benzene rings is 1. The molecule has 0 unspecified atom stereocenters. The van der Waals surface area contributed by atoms with Crippen molar-refractivity contribution in [2.24, 2.45) is 0 Å². The Bertz CT molecular complexity index is 1590. The normalized spacial score (nSPS) is 16.5. The zero-order valence-corrected chi connectivity index (χ0v) is 19.6. The van der Waals surface area contributed by atoms with Gasteiger partial charge in [0.05, 0.1) is 17.8 Å². The molecular weight excluding hydrogens is 518 g/mol. The van der Waals surface area contributed by atoms with Crippen molar-refractivity contribution in [2.45, 2.75) is 30.3 Å². The lowest BCUT2D eigenvalue weighted by atomic mass is 10.1. The standard InChI is InChI=1S/C23H17F4N5O4S/c24-16-1-2-19-14(7-16)9-20(36-19)37(34,35)32-6-4-18(32)22(33)31-12-17-8-13(3-5-28-17)21-29-10-15(11-30-21)23(25,26)27/h1-3,5,7-11,18H,4,6,12H2,(H,31,33)/t18-/m0/s1. The Balaban J connectivity index is 1.25. The highest BCUT2D eigenvalue weighted by atomic mass is 32.2. The highest BCUT2D eigenvalue weighted by Gasteiger charge is 2.44. The van der Waals surface area contributed by atoms with Crippen molar-refractivity contribution in [1.82, 2.24) is 24.6 Å². The summed E-state index contributed by atoms with van der Waals surface area (Å²) in [6.07, 6.45) is -1.53. The zero-order chi connectivity index (χ0) is 26.4. The van der Waals surface area contributed by atoms with E-state index < -0.39 is 44.6 Å². The van der Waals surface area contributed by atoms with Crippen LogP contribution in [0.25, 0.3) is 22.4 Å². The number of nitrogens with one attached hydrogen (secondary N) is 1. The number of sulfonamides is 1. The van der Waals surface area contributed by atoms with Gasteiger partial charge in [-0.1, -0.05) is 0 Å². The smallest absolute Gasteiger partial charge is 0.419 e. The largest absolute Gasteiger partial charge is 0.443 e. The van der Waals surface area contributed by atoms with Crippen LogP contribution in [-0.4, -0.2) is 46.2 Å². The van der Waals surface area contributed by atoms with E-state index in [9.17, 15) is 30.8 Å². The molecule has 4 heterocycles. The Labute approximate surface area is 207 Å². The molecule has 1 aromatic carbocycles. The van der Waals surface area contributed by atoms with Gasteiger partial charge in [-0.05, 0) is 36.8 Å². The lowest BCUT2D eigenvalue weighted by Gasteiger charge is -2.37. The molecule has 1 aliphatic heterocycles. The number of hydrogen-bond donors (Lipinski definition) is 1. The summed E-state index contributed by atoms with van der Waals surface area (Å²) in [5.74, 6) is -1.05. The monoisotopic (exact) mass is 535 g/mol. The van der Waals surface area contributed by atoms with Crippen LogP contribution in [0.15, 0.2) is 64.5 Å². The van der Waals surface area contributed by atoms with Crippen molar-refractivity contribution in [3.8, 4) is 11.4 Å². The Morgan fingerprint density at radius 1 is 1.11 bits per heavy atom. The summed E-state index contributed by atoms with van der Waals surface area (Å²) in [6, 6.07) is 6.86. The van der Waals surface area contributed by atoms with E-state index in [1.165, 1.54) is 30.5 Å². The number of fused-ring (bicyclic) bond motifs is 1. The number of hydrogen-bond acceptors (Lipinski definition) is 7. The third-order valence-corrected chi connectivity index (χ3v) is 7.55. The van der Waals surface area contributed by atoms with E-state index in [-0.39, 0.29) is 36.3 Å². The van der Waals surface area contributed by atoms with Crippen molar-refractivity contribution >= 4 is 26.9 Å². The average molecular weight is 535 g/mol. The second-order valence-electron chi connectivity index (χ2n) is 8.21. The molecule has 5 rings (SSSR count). The van der Waals surface area contributed by atoms with Gasteiger partial charge in [0.1, 0.15) is 17.4 Å². The molecule has 1 amide bonds. The molecule has 4 aromatic rings. The van der Waals surface area contributed by atoms with Crippen LogP contribution in [0.1, 0.15) is 17.7 Å². The van der Waals surface area contributed by atoms with Crippen molar-refractivity contribution in [3.63, 3.8) is 0 Å². The molecule has 0 radical (unpaired) electrons. The van der Waals surface area contributed by atoms with Crippen LogP contribution in [0.2, 0.25) is 0 Å². The second kappa shape index (κ2) is 9.19. The number of aromatic nitrogens is 3. The molecule has 37 heavy (non-hydrogen) atoms. The number of pyridine rings is 1. The lowest BCUT2D eigenvalue weighted by molar-refractivity contribution is -0.138. The average Bonchev–Trinajstić information content (AvgIpc) is 3.26. The minimum absolute atomic E-state index is 0.0463. The third kappa shape index (κ3) is 4.89. The van der Waals surface area contributed by atoms with E-state index in [4.69, 9.17) is 4.42 Å². The zero-order valence-electron chi connectivity index (χ0n) is 18.7. The molecule has 0 bridgehead atoms. The van der Waals surface area contributed by atoms with Crippen molar-refractivity contribution in [3.05, 3.63) is 72.1 Å². The van der Waals surface area contributed by atoms with E-state index in [2.05, 4.69) is 20.3 Å². The Kier molecular flexibility index (Phi) is 6.15. The first-order chi connectivity index (χ1) is 17.5. The van der Waals surface area contributed by atoms with E-state index in [1.807, 2.05) is 0 Å². The molecule has 3 aromatic heterocycles. The summed E-state index contributed by atoms with van der Waals surface area (Å²) in [5.41, 5.74) is -0.0263. The number of rotatable bonds is 6. The van der Waals surface area contributed by atoms with Gasteiger partial charge in [0.25, 0.3) is 10.0 Å². The molecular formula is C23H17F4N5O4S. The van der Waals surface area contributed by atoms with Gasteiger partial charge in [0.15, 0.2) is 5.82 Å². The molecule has 0 aliphatic carbocycles. The van der Waals surface area contributed by atoms with Crippen LogP contribution in [0.4, 0.5) is 17.6 Å². The molecule has 1 fully saturated rings. The van der Waals surface area contributed by atoms with Gasteiger partial charge in [0, 0.05) is 42.2 Å². The molecule has 192 valence electrons. The van der Waals surface area contributed by atoms with Crippen LogP contribution in [0.5, 0.6) is 0 Å². The van der Waals surface area contributed by atoms with E-state index in [0.29, 0.717) is 23.7 Å². The number of nitrogens with zero attached hydrogens (tertiary/aromatic N) is 4. The van der Waals surface area contributed by atoms with E-state index >= 15 is 0 Å². The van der Waals surface area contributed by atoms with Crippen molar-refractivity contribution < 1.29 is 35.2 Å². The van der Waals surface area contributed by atoms with Crippen LogP contribution in [0.3, 0.4) is 0 Å². The molecule has 1 atom stereocenters. The predicted octanol–water partition coefficient (Wildman–Crippen LogP) is 3.52. The maximum atomic E-state index is 13.4. The summed E-state index contributed by atoms with van der Waals surface area (Å²) in [4.78, 5) is 24.3. The topological polar surface area (TPSA) is 118 Å². The fourth-order valence-corrected chi connectivity index (χ4v) is 5.36. The Hall–Kier alpha value is -3.91. The molecule has 9 nitrogen and oxygen atoms in total. The number of halogens is 4. The summed E-state index contributed by atoms with van der Waals surface area (Å²) in [7, 11) is -4.14. The molecule has 1 N–H and O–H groups in total. The predicted molar refractivity (Wildman–Crippen MR) is 121 cm³/mol. The highest BCUT2D eigenvalue weighted by molar-refractivity contribution is 7.89. The van der Waals surface area contributed by atoms with Gasteiger partial charge in [-0.3, -0.25) is 9.78 Å². The van der Waals surface area contributed by atoms with Gasteiger partial charge in [-0.15, -0.1) is 0 Å². The summed E-state index contributed by atoms with van der Waals surface area (Å²) in [5, 5.41) is 2.51. The number of furan rings is 1. The van der Waals surface area contributed by atoms with Gasteiger partial charge >= 0.3 is 6.18 Å². The number of alkyl halides is 3. The van der Waals surface area contributed by atoms with Crippen molar-refractivity contribution in [1.29, 1.82) is 0 Å². The lowest BCUT2D eigenvalue weighted by Crippen LogP contribution is -2.57. The van der Waals surface area contributed by atoms with Crippen LogP contribution in [0, 0.1) is 5.82 Å². The quantitative estimate of drug-likeness (QED) is 0.376. The van der Waals surface area contributed by atoms with Crippen LogP contribution >= 0.6 is 0 Å². The maximum absolute atomic E-state index is 13.4. The van der Waals surface area contributed by atoms with Gasteiger partial charge < -0.3 is 9.73 Å². The summed E-state index contributed by atoms with van der Waals surface area (Å²) < 4.78 is 84.0. The van der Waals surface area contributed by atoms with Crippen LogP contribution in [-0.2, 0) is 27.5 Å². The van der Waals surface area contributed by atoms with E-state index in [0.717, 1.165) is 16.4 Å². The highest BCUT2D eigenvalue weighted by Crippen LogP contribution is 2.31. The SMILES string of the molecule is O=C(NCc1cc(-c2ncc(C(F)(F)F)cn2)ccn1)[C@@H]1CCN1S(=O)(=O)c1cc2cc(F)ccc2o1. The maximum Gasteiger partial charge on any atom is 0.419 e. The van der Waals surface area contributed by atoms with Crippen molar-refractivity contribution in [2.75, 3.05) is 6.54 Å². The van der Waals surface area contributed by atoms with Crippen LogP contribution < -0.4 is 5.32 Å². The fraction of sp³-hybridized carbons (Fsp3) is 0.217. The Morgan fingerprint density at radius 3 is 2.54 bits per heavy atom. The minimum Gasteiger partial charge on any atom is -0.443 e. The minimum atomic E-state index is -4.56. The summed E-state index contributed by atoms with van der Waals surface area (Å²) in [6.45, 7) is 0.0342. The molecule has 14 heteroatoms. The first-order valence-electron chi connectivity index (χ1n) is 10.9. The van der Waals surface area contributed by atoms with Gasteiger partial charge in [-0.25, -0.2) is 22.8 Å². The summed E-state index contributed by atoms with van der Waals surface area (Å²) >= 11 is 0. The molecule has 0 spiro atoms. The number of carbonyl (C=O) groups is 1. The van der Waals surface area contributed by atoms with E-state index in [1.54, 1.807) is 0 Å². The Morgan fingerprint density at radius 2 is 1.86 bits per heavy atom. The fourth-order valence-electron chi connectivity index (χ4n) is 3.78. The van der Waals surface area contributed by atoms with Gasteiger partial charge in [-0.2, -0.15) is 17.5 Å². The number of carbonyl (C=O) groups excluding carboxylic acids is 1. The number of amides is 1. The molecule has 0 saturated carbocycles. The first-order valence-corrected chi connectivity index (χ1v) is 12.3. The first kappa shape index (κ1) is 24.8. The van der Waals surface area contributed by atoms with Gasteiger partial charge in [0.2, 0.25) is 11.0 Å². The molecule has 1 aliphatic rings. The molecule has 1 saturated heterocycles. The second-order valence-corrected chi connectivity index (χ2v) is 10.0. The third-order valence-electron chi connectivity index (χ3n) is 5.79.